The van der Waals surface area contributed by atoms with Gasteiger partial charge in [-0.05, 0) is 58.5 Å². The largest absolute Gasteiger partial charge is 0.508 e. The lowest BCUT2D eigenvalue weighted by Gasteiger charge is -2.39. The molecular formula is C34H41ClN4O5S. The summed E-state index contributed by atoms with van der Waals surface area (Å²) in [5.74, 6) is 1.33. The van der Waals surface area contributed by atoms with Gasteiger partial charge in [-0.1, -0.05) is 62.7 Å². The highest BCUT2D eigenvalue weighted by Gasteiger charge is 2.45. The Balaban J connectivity index is 1.61. The maximum atomic E-state index is 14.7. The average Bonchev–Trinajstić information content (AvgIpc) is 3.40. The zero-order valence-electron chi connectivity index (χ0n) is 26.4. The van der Waals surface area contributed by atoms with E-state index in [1.807, 2.05) is 53.4 Å². The van der Waals surface area contributed by atoms with Gasteiger partial charge in [0.15, 0.2) is 0 Å². The number of piperazine rings is 1. The molecule has 0 saturated carbocycles. The normalized spacial score (nSPS) is 19.5. The standard InChI is InChI=1S/C34H41ClN4O5S/c1-34(2,3)25-10-15-29(44-4)28(22-25)32-36-30(23-8-13-27(40)14-9-23)31(24-6-11-26(35)12-7-24)39(32)33(41)38-18-16-37(17-19-38)20-21-45(5,42)43/h6-15,22,30-31,40H,16-21H2,1-5H3. The molecule has 45 heavy (non-hydrogen) atoms. The smallest absolute Gasteiger partial charge is 0.326 e. The number of hydrogen-bond acceptors (Lipinski definition) is 7. The van der Waals surface area contributed by atoms with Crippen LogP contribution in [0.25, 0.3) is 0 Å². The molecule has 2 aliphatic heterocycles. The van der Waals surface area contributed by atoms with Crippen molar-refractivity contribution in [1.82, 2.24) is 14.7 Å². The summed E-state index contributed by atoms with van der Waals surface area (Å²) in [5, 5.41) is 10.6. The van der Waals surface area contributed by atoms with Crippen molar-refractivity contribution in [1.29, 1.82) is 0 Å². The lowest BCUT2D eigenvalue weighted by Crippen LogP contribution is -2.54. The Bertz CT molecular complexity index is 1660. The Morgan fingerprint density at radius 1 is 0.978 bits per heavy atom. The summed E-state index contributed by atoms with van der Waals surface area (Å²) in [6.07, 6.45) is 1.24. The van der Waals surface area contributed by atoms with Crippen LogP contribution in [0.3, 0.4) is 0 Å². The van der Waals surface area contributed by atoms with Crippen LogP contribution in [0, 0.1) is 0 Å². The molecule has 2 unspecified atom stereocenters. The van der Waals surface area contributed by atoms with Crippen molar-refractivity contribution in [2.45, 2.75) is 38.3 Å². The number of phenols is 1. The van der Waals surface area contributed by atoms with Crippen LogP contribution in [0.1, 0.15) is 55.1 Å². The van der Waals surface area contributed by atoms with E-state index in [-0.39, 0.29) is 22.9 Å². The highest BCUT2D eigenvalue weighted by atomic mass is 35.5. The van der Waals surface area contributed by atoms with E-state index in [1.54, 1.807) is 24.1 Å². The number of sulfone groups is 1. The first-order valence-electron chi connectivity index (χ1n) is 15.0. The minimum Gasteiger partial charge on any atom is -0.508 e. The summed E-state index contributed by atoms with van der Waals surface area (Å²) in [4.78, 5) is 25.7. The van der Waals surface area contributed by atoms with Crippen LogP contribution >= 0.6 is 11.6 Å². The van der Waals surface area contributed by atoms with Gasteiger partial charge in [0.05, 0.1) is 24.5 Å². The number of phenolic OH excluding ortho intramolecular Hbond substituents is 1. The monoisotopic (exact) mass is 652 g/mol. The highest BCUT2D eigenvalue weighted by molar-refractivity contribution is 7.90. The number of methoxy groups -OCH3 is 1. The van der Waals surface area contributed by atoms with Crippen molar-refractivity contribution >= 4 is 33.3 Å². The molecule has 2 heterocycles. The maximum absolute atomic E-state index is 14.7. The van der Waals surface area contributed by atoms with Crippen molar-refractivity contribution in [3.63, 3.8) is 0 Å². The van der Waals surface area contributed by atoms with E-state index >= 15 is 0 Å². The topological polar surface area (TPSA) is 103 Å². The molecule has 2 atom stereocenters. The van der Waals surface area contributed by atoms with Gasteiger partial charge in [-0.2, -0.15) is 0 Å². The highest BCUT2D eigenvalue weighted by Crippen LogP contribution is 2.46. The van der Waals surface area contributed by atoms with E-state index < -0.39 is 21.9 Å². The van der Waals surface area contributed by atoms with E-state index in [1.165, 1.54) is 6.26 Å². The van der Waals surface area contributed by atoms with E-state index in [4.69, 9.17) is 21.3 Å². The number of nitrogens with zero attached hydrogens (tertiary/aromatic N) is 4. The lowest BCUT2D eigenvalue weighted by molar-refractivity contribution is 0.122. The van der Waals surface area contributed by atoms with E-state index in [9.17, 15) is 18.3 Å². The Hall–Kier alpha value is -3.60. The lowest BCUT2D eigenvalue weighted by atomic mass is 9.86. The van der Waals surface area contributed by atoms with Crippen LogP contribution < -0.4 is 4.74 Å². The average molecular weight is 653 g/mol. The third-order valence-electron chi connectivity index (χ3n) is 8.45. The van der Waals surface area contributed by atoms with Crippen molar-refractivity contribution < 1.29 is 23.1 Å². The number of ether oxygens (including phenoxy) is 1. The van der Waals surface area contributed by atoms with Gasteiger partial charge in [-0.25, -0.2) is 13.2 Å². The Morgan fingerprint density at radius 2 is 1.60 bits per heavy atom. The number of aliphatic imine (C=N–C) groups is 1. The zero-order valence-corrected chi connectivity index (χ0v) is 28.0. The van der Waals surface area contributed by atoms with Crippen LogP contribution in [-0.2, 0) is 15.3 Å². The van der Waals surface area contributed by atoms with Crippen LogP contribution in [0.15, 0.2) is 71.7 Å². The molecule has 2 aliphatic rings. The third kappa shape index (κ3) is 7.45. The Kier molecular flexibility index (Phi) is 9.49. The molecule has 0 aromatic heterocycles. The Labute approximate surface area is 271 Å². The summed E-state index contributed by atoms with van der Waals surface area (Å²) < 4.78 is 29.3. The van der Waals surface area contributed by atoms with Crippen LogP contribution in [-0.4, -0.2) is 91.9 Å². The fraction of sp³-hybridized carbons (Fsp3) is 0.412. The van der Waals surface area contributed by atoms with E-state index in [0.29, 0.717) is 54.9 Å². The van der Waals surface area contributed by atoms with Crippen molar-refractivity contribution in [2.75, 3.05) is 51.8 Å². The first kappa shape index (κ1) is 32.8. The number of urea groups is 1. The third-order valence-corrected chi connectivity index (χ3v) is 9.62. The second-order valence-corrected chi connectivity index (χ2v) is 15.5. The zero-order chi connectivity index (χ0) is 32.5. The van der Waals surface area contributed by atoms with Crippen LogP contribution in [0.2, 0.25) is 5.02 Å². The molecule has 0 aliphatic carbocycles. The molecular weight excluding hydrogens is 612 g/mol. The first-order chi connectivity index (χ1) is 21.2. The van der Waals surface area contributed by atoms with Crippen LogP contribution in [0.5, 0.6) is 11.5 Å². The van der Waals surface area contributed by atoms with Gasteiger partial charge < -0.3 is 14.7 Å². The molecule has 3 aromatic rings. The molecule has 1 N–H and O–H groups in total. The van der Waals surface area contributed by atoms with Gasteiger partial charge >= 0.3 is 6.03 Å². The van der Waals surface area contributed by atoms with Gasteiger partial charge in [0.1, 0.15) is 33.2 Å². The number of rotatable bonds is 7. The number of benzene rings is 3. The molecule has 1 fully saturated rings. The predicted molar refractivity (Wildman–Crippen MR) is 178 cm³/mol. The summed E-state index contributed by atoms with van der Waals surface area (Å²) in [6, 6.07) is 19.2. The SMILES string of the molecule is COc1ccc(C(C)(C)C)cc1C1=NC(c2ccc(O)cc2)C(c2ccc(Cl)cc2)N1C(=O)N1CCN(CCS(C)(=O)=O)CC1. The number of halogens is 1. The molecule has 5 rings (SSSR count). The minimum atomic E-state index is -3.08. The molecule has 0 spiro atoms. The molecule has 1 saturated heterocycles. The second kappa shape index (κ2) is 13.0. The number of carbonyl (C=O) groups excluding carboxylic acids is 1. The summed E-state index contributed by atoms with van der Waals surface area (Å²) in [6.45, 7) is 8.87. The van der Waals surface area contributed by atoms with Gasteiger partial charge in [-0.15, -0.1) is 0 Å². The second-order valence-electron chi connectivity index (χ2n) is 12.8. The van der Waals surface area contributed by atoms with Gasteiger partial charge in [0.2, 0.25) is 0 Å². The number of aromatic hydroxyl groups is 1. The molecule has 9 nitrogen and oxygen atoms in total. The number of amides is 2. The number of amidine groups is 1. The summed E-state index contributed by atoms with van der Waals surface area (Å²) in [5.41, 5.74) is 3.33. The maximum Gasteiger partial charge on any atom is 0.326 e. The molecule has 0 radical (unpaired) electrons. The molecule has 11 heteroatoms. The fourth-order valence-corrected chi connectivity index (χ4v) is 6.54. The molecule has 2 amide bonds. The number of carbonyl (C=O) groups is 1. The van der Waals surface area contributed by atoms with Crippen LogP contribution in [0.4, 0.5) is 4.79 Å². The number of hydrogen-bond donors (Lipinski definition) is 1. The Morgan fingerprint density at radius 3 is 2.18 bits per heavy atom. The quantitative estimate of drug-likeness (QED) is 0.353. The van der Waals surface area contributed by atoms with E-state index in [2.05, 4.69) is 31.7 Å². The first-order valence-corrected chi connectivity index (χ1v) is 17.5. The fourth-order valence-electron chi connectivity index (χ4n) is 5.83. The van der Waals surface area contributed by atoms with Gasteiger partial charge in [-0.3, -0.25) is 14.8 Å². The summed E-state index contributed by atoms with van der Waals surface area (Å²) in [7, 11) is -1.47. The van der Waals surface area contributed by atoms with E-state index in [0.717, 1.165) is 16.7 Å². The van der Waals surface area contributed by atoms with Crippen molar-refractivity contribution in [3.05, 3.63) is 94.0 Å². The molecule has 0 bridgehead atoms. The molecule has 3 aromatic carbocycles. The predicted octanol–water partition coefficient (Wildman–Crippen LogP) is 5.68. The van der Waals surface area contributed by atoms with Gasteiger partial charge in [0, 0.05) is 44.0 Å². The minimum absolute atomic E-state index is 0.0841. The van der Waals surface area contributed by atoms with Crippen molar-refractivity contribution in [3.8, 4) is 11.5 Å². The van der Waals surface area contributed by atoms with Crippen molar-refractivity contribution in [2.24, 2.45) is 4.99 Å². The summed E-state index contributed by atoms with van der Waals surface area (Å²) >= 11 is 6.30. The molecule has 240 valence electrons. The van der Waals surface area contributed by atoms with Gasteiger partial charge in [0.25, 0.3) is 0 Å².